The van der Waals surface area contributed by atoms with E-state index in [0.29, 0.717) is 12.3 Å². The summed E-state index contributed by atoms with van der Waals surface area (Å²) in [5, 5.41) is 2.60. The third-order valence-electron chi connectivity index (χ3n) is 6.18. The Morgan fingerprint density at radius 2 is 1.52 bits per heavy atom. The first kappa shape index (κ1) is 21.8. The lowest BCUT2D eigenvalue weighted by atomic mass is 9.85. The number of hydrogen-bond acceptors (Lipinski definition) is 3. The van der Waals surface area contributed by atoms with Gasteiger partial charge in [-0.1, -0.05) is 87.9 Å². The van der Waals surface area contributed by atoms with Gasteiger partial charge in [0.1, 0.15) is 0 Å². The molecule has 4 heteroatoms. The van der Waals surface area contributed by atoms with Crippen molar-refractivity contribution in [3.8, 4) is 0 Å². The molecule has 1 aliphatic rings. The Kier molecular flexibility index (Phi) is 6.96. The molecule has 0 aliphatic heterocycles. The first-order valence-electron chi connectivity index (χ1n) is 10.7. The molecule has 2 unspecified atom stereocenters. The van der Waals surface area contributed by atoms with E-state index in [1.54, 1.807) is 0 Å². The minimum absolute atomic E-state index is 0.0228. The molecule has 0 amide bonds. The minimum atomic E-state index is -2.53. The molecule has 1 saturated carbocycles. The van der Waals surface area contributed by atoms with E-state index in [0.717, 1.165) is 25.7 Å². The fourth-order valence-corrected chi connectivity index (χ4v) is 9.52. The Labute approximate surface area is 176 Å². The number of hydrogen-bond donors (Lipinski definition) is 0. The zero-order chi connectivity index (χ0) is 20.9. The number of methoxy groups -OCH3 is 1. The van der Waals surface area contributed by atoms with Crippen molar-refractivity contribution in [2.24, 2.45) is 5.92 Å². The van der Waals surface area contributed by atoms with Crippen molar-refractivity contribution in [2.75, 3.05) is 7.11 Å². The molecule has 0 aromatic heterocycles. The minimum Gasteiger partial charge on any atom is -0.469 e. The highest BCUT2D eigenvalue weighted by atomic mass is 28.4. The van der Waals surface area contributed by atoms with Crippen molar-refractivity contribution in [1.82, 2.24) is 0 Å². The van der Waals surface area contributed by atoms with Gasteiger partial charge in [0, 0.05) is 12.5 Å². The van der Waals surface area contributed by atoms with Crippen molar-refractivity contribution in [2.45, 2.75) is 64.0 Å². The maximum Gasteiger partial charge on any atom is 0.305 e. The molecule has 1 fully saturated rings. The standard InChI is InChI=1S/C25H34O3Si/c1-25(2,3)29(22-14-7-5-8-15-22,23-16-9-6-10-17-23)28-21-13-11-12-20(18-21)19-24(26)27-4/h5-10,14-17,20-21H,11-13,18-19H2,1-4H3. The highest BCUT2D eigenvalue weighted by molar-refractivity contribution is 6.99. The van der Waals surface area contributed by atoms with Crippen LogP contribution in [-0.2, 0) is 14.0 Å². The summed E-state index contributed by atoms with van der Waals surface area (Å²) in [6.07, 6.45) is 4.84. The average Bonchev–Trinajstić information content (AvgIpc) is 2.72. The Bertz CT molecular complexity index is 743. The third-order valence-corrected chi connectivity index (χ3v) is 11.3. The van der Waals surface area contributed by atoms with E-state index in [9.17, 15) is 4.79 Å². The smallest absolute Gasteiger partial charge is 0.305 e. The molecule has 29 heavy (non-hydrogen) atoms. The van der Waals surface area contributed by atoms with Crippen molar-refractivity contribution in [1.29, 1.82) is 0 Å². The summed E-state index contributed by atoms with van der Waals surface area (Å²) in [5.74, 6) is 0.237. The quantitative estimate of drug-likeness (QED) is 0.512. The summed E-state index contributed by atoms with van der Waals surface area (Å²) in [4.78, 5) is 11.8. The first-order chi connectivity index (χ1) is 13.9. The first-order valence-corrected chi connectivity index (χ1v) is 12.6. The van der Waals surface area contributed by atoms with Crippen LogP contribution in [0.15, 0.2) is 60.7 Å². The number of carbonyl (C=O) groups excluding carboxylic acids is 1. The molecule has 3 nitrogen and oxygen atoms in total. The summed E-state index contributed by atoms with van der Waals surface area (Å²) in [5.41, 5.74) is 0. The number of benzene rings is 2. The van der Waals surface area contributed by atoms with E-state index in [-0.39, 0.29) is 17.1 Å². The van der Waals surface area contributed by atoms with Crippen LogP contribution in [0.1, 0.15) is 52.9 Å². The molecule has 0 spiro atoms. The molecular formula is C25H34O3Si. The zero-order valence-corrected chi connectivity index (χ0v) is 19.2. The highest BCUT2D eigenvalue weighted by Crippen LogP contribution is 2.40. The average molecular weight is 411 g/mol. The predicted octanol–water partition coefficient (Wildman–Crippen LogP) is 4.68. The maximum absolute atomic E-state index is 11.8. The molecule has 156 valence electrons. The van der Waals surface area contributed by atoms with Gasteiger partial charge < -0.3 is 9.16 Å². The second kappa shape index (κ2) is 9.27. The van der Waals surface area contributed by atoms with Crippen molar-refractivity contribution >= 4 is 24.7 Å². The molecule has 0 bridgehead atoms. The second-order valence-corrected chi connectivity index (χ2v) is 13.5. The summed E-state index contributed by atoms with van der Waals surface area (Å²) in [7, 11) is -1.06. The Morgan fingerprint density at radius 1 is 0.966 bits per heavy atom. The van der Waals surface area contributed by atoms with Crippen LogP contribution in [0.5, 0.6) is 0 Å². The van der Waals surface area contributed by atoms with Gasteiger partial charge in [0.2, 0.25) is 0 Å². The van der Waals surface area contributed by atoms with Gasteiger partial charge in [-0.15, -0.1) is 0 Å². The monoisotopic (exact) mass is 410 g/mol. The van der Waals surface area contributed by atoms with Crippen LogP contribution in [0.4, 0.5) is 0 Å². The molecule has 2 aromatic rings. The molecule has 3 rings (SSSR count). The van der Waals surface area contributed by atoms with Crippen molar-refractivity contribution < 1.29 is 14.0 Å². The Hall–Kier alpha value is -1.91. The SMILES string of the molecule is COC(=O)CC1CCCC(O[Si](c2ccccc2)(c2ccccc2)C(C)(C)C)C1. The van der Waals surface area contributed by atoms with Gasteiger partial charge in [-0.25, -0.2) is 0 Å². The van der Waals surface area contributed by atoms with Crippen LogP contribution in [-0.4, -0.2) is 27.5 Å². The Morgan fingerprint density at radius 3 is 2.00 bits per heavy atom. The van der Waals surface area contributed by atoms with Crippen LogP contribution in [0.2, 0.25) is 5.04 Å². The molecule has 1 aliphatic carbocycles. The molecule has 2 aromatic carbocycles. The summed E-state index contributed by atoms with van der Waals surface area (Å²) in [6.45, 7) is 6.94. The van der Waals surface area contributed by atoms with E-state index in [4.69, 9.17) is 9.16 Å². The van der Waals surface area contributed by atoms with E-state index in [1.165, 1.54) is 17.5 Å². The topological polar surface area (TPSA) is 35.5 Å². The van der Waals surface area contributed by atoms with Gasteiger partial charge in [0.15, 0.2) is 0 Å². The van der Waals surface area contributed by atoms with Crippen LogP contribution < -0.4 is 10.4 Å². The van der Waals surface area contributed by atoms with E-state index in [2.05, 4.69) is 81.4 Å². The van der Waals surface area contributed by atoms with Crippen LogP contribution in [0, 0.1) is 5.92 Å². The largest absolute Gasteiger partial charge is 0.469 e. The van der Waals surface area contributed by atoms with Gasteiger partial charge >= 0.3 is 5.97 Å². The number of carbonyl (C=O) groups is 1. The van der Waals surface area contributed by atoms with E-state index >= 15 is 0 Å². The van der Waals surface area contributed by atoms with Crippen LogP contribution in [0.3, 0.4) is 0 Å². The predicted molar refractivity (Wildman–Crippen MR) is 121 cm³/mol. The zero-order valence-electron chi connectivity index (χ0n) is 18.2. The molecular weight excluding hydrogens is 376 g/mol. The van der Waals surface area contributed by atoms with E-state index in [1.807, 2.05) is 0 Å². The summed E-state index contributed by atoms with van der Waals surface area (Å²) >= 11 is 0. The van der Waals surface area contributed by atoms with Gasteiger partial charge in [0.25, 0.3) is 8.32 Å². The lowest BCUT2D eigenvalue weighted by Crippen LogP contribution is -2.67. The van der Waals surface area contributed by atoms with Crippen molar-refractivity contribution in [3.63, 3.8) is 0 Å². The maximum atomic E-state index is 11.8. The Balaban J connectivity index is 1.99. The van der Waals surface area contributed by atoms with Crippen molar-refractivity contribution in [3.05, 3.63) is 60.7 Å². The van der Waals surface area contributed by atoms with Gasteiger partial charge in [-0.2, -0.15) is 0 Å². The highest BCUT2D eigenvalue weighted by Gasteiger charge is 2.51. The summed E-state index contributed by atoms with van der Waals surface area (Å²) < 4.78 is 12.2. The fourth-order valence-electron chi connectivity index (χ4n) is 4.79. The lowest BCUT2D eigenvalue weighted by Gasteiger charge is -2.46. The lowest BCUT2D eigenvalue weighted by molar-refractivity contribution is -0.142. The summed E-state index contributed by atoms with van der Waals surface area (Å²) in [6, 6.07) is 21.6. The van der Waals surface area contributed by atoms with E-state index < -0.39 is 8.32 Å². The number of rotatable bonds is 6. The molecule has 2 atom stereocenters. The number of ether oxygens (including phenoxy) is 1. The second-order valence-electron chi connectivity index (χ2n) is 9.22. The molecule has 0 saturated heterocycles. The molecule has 0 N–H and O–H groups in total. The number of esters is 1. The van der Waals surface area contributed by atoms with Crippen LogP contribution >= 0.6 is 0 Å². The van der Waals surface area contributed by atoms with Gasteiger partial charge in [-0.05, 0) is 40.6 Å². The fraction of sp³-hybridized carbons (Fsp3) is 0.480. The van der Waals surface area contributed by atoms with Gasteiger partial charge in [-0.3, -0.25) is 4.79 Å². The molecule has 0 heterocycles. The third kappa shape index (κ3) is 4.81. The van der Waals surface area contributed by atoms with Crippen LogP contribution in [0.25, 0.3) is 0 Å². The molecule has 0 radical (unpaired) electrons. The van der Waals surface area contributed by atoms with Gasteiger partial charge in [0.05, 0.1) is 7.11 Å². The normalized spacial score (nSPS) is 20.3.